The van der Waals surface area contributed by atoms with Gasteiger partial charge in [-0.15, -0.1) is 0 Å². The van der Waals surface area contributed by atoms with Crippen molar-refractivity contribution in [1.82, 2.24) is 0 Å². The summed E-state index contributed by atoms with van der Waals surface area (Å²) in [5.41, 5.74) is 4.53. The normalized spacial score (nSPS) is 16.4. The first-order valence-electron chi connectivity index (χ1n) is 8.12. The van der Waals surface area contributed by atoms with Gasteiger partial charge >= 0.3 is 6.18 Å². The van der Waals surface area contributed by atoms with Gasteiger partial charge in [-0.3, -0.25) is 4.79 Å². The van der Waals surface area contributed by atoms with Crippen LogP contribution in [0, 0.1) is 11.3 Å². The van der Waals surface area contributed by atoms with E-state index < -0.39 is 22.4 Å². The van der Waals surface area contributed by atoms with Crippen molar-refractivity contribution in [2.75, 3.05) is 0 Å². The van der Waals surface area contributed by atoms with Crippen molar-refractivity contribution >= 4 is 21.4 Å². The van der Waals surface area contributed by atoms with Gasteiger partial charge in [0.25, 0.3) is 0 Å². The Bertz CT molecular complexity index is 1240. The first kappa shape index (κ1) is 18.1. The molecule has 1 aliphatic rings. The quantitative estimate of drug-likeness (QED) is 0.653. The molecule has 2 heterocycles. The van der Waals surface area contributed by atoms with Crippen molar-refractivity contribution in [3.63, 3.8) is 0 Å². The third-order valence-electron chi connectivity index (χ3n) is 4.55. The molecule has 0 spiro atoms. The molecular weight excluding hydrogens is 389 g/mol. The summed E-state index contributed by atoms with van der Waals surface area (Å²) in [7, 11) is 0. The number of rotatable bonds is 1. The first-order chi connectivity index (χ1) is 13.3. The summed E-state index contributed by atoms with van der Waals surface area (Å²) >= 11 is 0.892. The van der Waals surface area contributed by atoms with E-state index in [2.05, 4.69) is 0 Å². The van der Waals surface area contributed by atoms with Crippen LogP contribution in [0.15, 0.2) is 64.8 Å². The Labute approximate surface area is 160 Å². The average Bonchev–Trinajstić information content (AvgIpc) is 2.66. The highest BCUT2D eigenvalue weighted by Gasteiger charge is 2.41. The van der Waals surface area contributed by atoms with Gasteiger partial charge in [0.2, 0.25) is 10.6 Å². The molecule has 0 saturated carbocycles. The maximum Gasteiger partial charge on any atom is 0.416 e. The minimum absolute atomic E-state index is 0.00819. The van der Waals surface area contributed by atoms with E-state index in [1.807, 2.05) is 6.07 Å². The fraction of sp³-hybridized carbons (Fsp3) is 0.100. The summed E-state index contributed by atoms with van der Waals surface area (Å²) in [6, 6.07) is 13.6. The van der Waals surface area contributed by atoms with Crippen molar-refractivity contribution in [1.29, 1.82) is 5.26 Å². The van der Waals surface area contributed by atoms with E-state index in [1.165, 1.54) is 18.2 Å². The summed E-state index contributed by atoms with van der Waals surface area (Å²) < 4.78 is 46.6. The van der Waals surface area contributed by atoms with Gasteiger partial charge in [0, 0.05) is 10.1 Å². The molecule has 4 nitrogen and oxygen atoms in total. The number of halogens is 3. The third-order valence-corrected chi connectivity index (χ3v) is 5.53. The predicted molar refractivity (Wildman–Crippen MR) is 98.8 cm³/mol. The van der Waals surface area contributed by atoms with Crippen molar-refractivity contribution in [2.45, 2.75) is 12.1 Å². The topological polar surface area (TPSA) is 76.1 Å². The molecule has 140 valence electrons. The molecule has 0 bridgehead atoms. The van der Waals surface area contributed by atoms with Gasteiger partial charge in [-0.2, -0.15) is 18.4 Å². The molecule has 0 aliphatic carbocycles. The lowest BCUT2D eigenvalue weighted by Gasteiger charge is -2.28. The molecule has 28 heavy (non-hydrogen) atoms. The molecule has 2 aromatic carbocycles. The molecule has 0 radical (unpaired) electrons. The summed E-state index contributed by atoms with van der Waals surface area (Å²) in [6.07, 6.45) is -4.66. The zero-order chi connectivity index (χ0) is 20.1. The van der Waals surface area contributed by atoms with Crippen LogP contribution in [0.5, 0.6) is 5.75 Å². The minimum atomic E-state index is -4.66. The van der Waals surface area contributed by atoms with Gasteiger partial charge in [0.15, 0.2) is 0 Å². The molecule has 0 amide bonds. The number of hydrogen-bond donors (Lipinski definition) is 1. The van der Waals surface area contributed by atoms with Crippen molar-refractivity contribution < 1.29 is 17.9 Å². The van der Waals surface area contributed by atoms with Crippen LogP contribution in [0.4, 0.5) is 13.2 Å². The number of ether oxygens (including phenoxy) is 1. The van der Waals surface area contributed by atoms with E-state index in [1.54, 1.807) is 24.3 Å². The Morgan fingerprint density at radius 3 is 2.50 bits per heavy atom. The van der Waals surface area contributed by atoms with Crippen LogP contribution in [0.1, 0.15) is 22.6 Å². The second kappa shape index (κ2) is 6.39. The van der Waals surface area contributed by atoms with E-state index in [4.69, 9.17) is 10.5 Å². The largest absolute Gasteiger partial charge is 0.439 e. The highest BCUT2D eigenvalue weighted by Crippen LogP contribution is 2.47. The summed E-state index contributed by atoms with van der Waals surface area (Å²) in [5.74, 6) is -1.48. The number of fused-ring (bicyclic) bond motifs is 3. The second-order valence-corrected chi connectivity index (χ2v) is 7.15. The van der Waals surface area contributed by atoms with Crippen LogP contribution in [-0.2, 0) is 6.18 Å². The molecule has 1 aromatic heterocycles. The van der Waals surface area contributed by atoms with E-state index >= 15 is 0 Å². The number of benzene rings is 2. The van der Waals surface area contributed by atoms with E-state index in [0.717, 1.165) is 17.4 Å². The molecule has 0 fully saturated rings. The molecule has 0 unspecified atom stereocenters. The average molecular weight is 400 g/mol. The fourth-order valence-corrected chi connectivity index (χ4v) is 4.32. The van der Waals surface area contributed by atoms with E-state index in [9.17, 15) is 23.2 Å². The number of allylic oxidation sites excluding steroid dienone is 1. The number of nitrogens with zero attached hydrogens (tertiary/aromatic N) is 1. The van der Waals surface area contributed by atoms with Gasteiger partial charge < -0.3 is 10.5 Å². The number of hydrogen-bond acceptors (Lipinski definition) is 5. The maximum atomic E-state index is 13.6. The number of nitriles is 1. The van der Waals surface area contributed by atoms with Crippen LogP contribution < -0.4 is 15.2 Å². The van der Waals surface area contributed by atoms with Crippen LogP contribution in [0.25, 0.3) is 10.1 Å². The maximum absolute atomic E-state index is 13.6. The summed E-state index contributed by atoms with van der Waals surface area (Å²) in [6.45, 7) is 0. The standard InChI is InChI=1S/C20H11F3N2O2S/c21-20(22,23)13-7-3-1-5-10(13)15-12(9-24)18(25)27-17-11-6-2-4-8-14(11)28-19(26)16(15)17/h1-8,15H,25H2/t15-/m0/s1. The van der Waals surface area contributed by atoms with Gasteiger partial charge in [-0.25, -0.2) is 0 Å². The Kier molecular flexibility index (Phi) is 4.12. The molecular formula is C20H11F3N2O2S. The zero-order valence-corrected chi connectivity index (χ0v) is 14.9. The van der Waals surface area contributed by atoms with E-state index in [-0.39, 0.29) is 28.3 Å². The summed E-state index contributed by atoms with van der Waals surface area (Å²) in [4.78, 5) is 12.9. The molecule has 0 saturated heterocycles. The van der Waals surface area contributed by atoms with Crippen molar-refractivity contribution in [3.8, 4) is 11.8 Å². The Balaban J connectivity index is 2.12. The zero-order valence-electron chi connectivity index (χ0n) is 14.1. The third kappa shape index (κ3) is 2.72. The Morgan fingerprint density at radius 2 is 1.79 bits per heavy atom. The predicted octanol–water partition coefficient (Wildman–Crippen LogP) is 4.50. The Morgan fingerprint density at radius 1 is 1.11 bits per heavy atom. The van der Waals surface area contributed by atoms with Gasteiger partial charge in [0.05, 0.1) is 17.0 Å². The fourth-order valence-electron chi connectivity index (χ4n) is 3.38. The van der Waals surface area contributed by atoms with E-state index in [0.29, 0.717) is 10.1 Å². The highest BCUT2D eigenvalue weighted by molar-refractivity contribution is 7.16. The van der Waals surface area contributed by atoms with Crippen LogP contribution in [0.2, 0.25) is 0 Å². The van der Waals surface area contributed by atoms with Gasteiger partial charge in [-0.1, -0.05) is 41.7 Å². The van der Waals surface area contributed by atoms with Gasteiger partial charge in [0.1, 0.15) is 17.4 Å². The Hall–Kier alpha value is -3.31. The monoisotopic (exact) mass is 400 g/mol. The smallest absolute Gasteiger partial charge is 0.416 e. The molecule has 4 rings (SSSR count). The molecule has 1 atom stereocenters. The van der Waals surface area contributed by atoms with Crippen LogP contribution in [-0.4, -0.2) is 0 Å². The SMILES string of the molecule is N#CC1=C(N)Oc2c(c(=O)sc3ccccc23)[C@H]1c1ccccc1C(F)(F)F. The highest BCUT2D eigenvalue weighted by atomic mass is 32.1. The van der Waals surface area contributed by atoms with Crippen LogP contribution >= 0.6 is 11.3 Å². The van der Waals surface area contributed by atoms with Crippen molar-refractivity contribution in [3.05, 3.63) is 86.2 Å². The van der Waals surface area contributed by atoms with Crippen molar-refractivity contribution in [2.24, 2.45) is 5.73 Å². The number of nitrogens with two attached hydrogens (primary N) is 1. The minimum Gasteiger partial charge on any atom is -0.439 e. The summed E-state index contributed by atoms with van der Waals surface area (Å²) in [5, 5.41) is 10.1. The lowest BCUT2D eigenvalue weighted by Crippen LogP contribution is -2.27. The second-order valence-electron chi connectivity index (χ2n) is 6.14. The molecule has 2 N–H and O–H groups in total. The number of alkyl halides is 3. The lowest BCUT2D eigenvalue weighted by atomic mass is 9.82. The molecule has 1 aliphatic heterocycles. The molecule has 3 aromatic rings. The van der Waals surface area contributed by atoms with Crippen LogP contribution in [0.3, 0.4) is 0 Å². The van der Waals surface area contributed by atoms with Gasteiger partial charge in [-0.05, 0) is 23.8 Å². The molecule has 8 heteroatoms. The first-order valence-corrected chi connectivity index (χ1v) is 8.94. The lowest BCUT2D eigenvalue weighted by molar-refractivity contribution is -0.138.